The Hall–Kier alpha value is -1.33. The number of H-pyrrole nitrogens is 1. The summed E-state index contributed by atoms with van der Waals surface area (Å²) in [5, 5.41) is 11.0. The Labute approximate surface area is 90.4 Å². The maximum atomic E-state index is 5.92. The average Bonchev–Trinajstić information content (AvgIpc) is 2.48. The number of halogens is 1. The fourth-order valence-electron chi connectivity index (χ4n) is 1.27. The first-order valence-electron chi connectivity index (χ1n) is 3.87. The molecule has 2 aromatic rings. The molecular formula is C8H7ClN4S. The van der Waals surface area contributed by atoms with Crippen molar-refractivity contribution in [3.05, 3.63) is 23.4 Å². The molecule has 0 aliphatic heterocycles. The number of rotatable bonds is 1. The van der Waals surface area contributed by atoms with Crippen LogP contribution in [0.1, 0.15) is 0 Å². The van der Waals surface area contributed by atoms with Crippen molar-refractivity contribution in [3.63, 3.8) is 0 Å². The quantitative estimate of drug-likeness (QED) is 0.650. The van der Waals surface area contributed by atoms with Gasteiger partial charge in [0.25, 0.3) is 0 Å². The zero-order chi connectivity index (χ0) is 10.1. The highest BCUT2D eigenvalue weighted by atomic mass is 35.5. The monoisotopic (exact) mass is 226 g/mol. The predicted molar refractivity (Wildman–Crippen MR) is 61.5 cm³/mol. The van der Waals surface area contributed by atoms with E-state index in [-0.39, 0.29) is 5.11 Å². The predicted octanol–water partition coefficient (Wildman–Crippen LogP) is 1.87. The van der Waals surface area contributed by atoms with Gasteiger partial charge in [0, 0.05) is 0 Å². The molecule has 1 aromatic heterocycles. The molecule has 0 radical (unpaired) electrons. The number of nitrogens with zero attached hydrogens (tertiary/aromatic N) is 1. The number of aromatic amines is 1. The van der Waals surface area contributed by atoms with Gasteiger partial charge in [0.15, 0.2) is 5.11 Å². The van der Waals surface area contributed by atoms with Crippen LogP contribution in [0.4, 0.5) is 5.69 Å². The summed E-state index contributed by atoms with van der Waals surface area (Å²) < 4.78 is 0. The van der Waals surface area contributed by atoms with Gasteiger partial charge in [-0.3, -0.25) is 5.10 Å². The van der Waals surface area contributed by atoms with Crippen molar-refractivity contribution in [2.45, 2.75) is 0 Å². The van der Waals surface area contributed by atoms with Crippen LogP contribution >= 0.6 is 23.8 Å². The van der Waals surface area contributed by atoms with Gasteiger partial charge in [-0.15, -0.1) is 0 Å². The zero-order valence-electron chi connectivity index (χ0n) is 7.04. The lowest BCUT2D eigenvalue weighted by Gasteiger charge is -2.04. The summed E-state index contributed by atoms with van der Waals surface area (Å²) in [6, 6.07) is 5.53. The lowest BCUT2D eigenvalue weighted by atomic mass is 10.2. The molecule has 0 saturated carbocycles. The van der Waals surface area contributed by atoms with Crippen LogP contribution in [0, 0.1) is 0 Å². The molecule has 0 aliphatic carbocycles. The first-order chi connectivity index (χ1) is 6.68. The standard InChI is InChI=1S/C8H7ClN4S/c9-7-6-4(11-8(10)14)2-1-3-5(6)12-13-7/h1-3H,(H,12,13)(H3,10,11,14). The molecule has 0 amide bonds. The molecular weight excluding hydrogens is 220 g/mol. The normalized spacial score (nSPS) is 10.4. The fraction of sp³-hybridized carbons (Fsp3) is 0. The van der Waals surface area contributed by atoms with Gasteiger partial charge in [-0.05, 0) is 24.4 Å². The number of anilines is 1. The van der Waals surface area contributed by atoms with E-state index in [4.69, 9.17) is 29.6 Å². The summed E-state index contributed by atoms with van der Waals surface area (Å²) in [4.78, 5) is 0. The second-order valence-corrected chi connectivity index (χ2v) is 3.54. The number of fused-ring (bicyclic) bond motifs is 1. The average molecular weight is 227 g/mol. The van der Waals surface area contributed by atoms with Gasteiger partial charge in [-0.1, -0.05) is 17.7 Å². The summed E-state index contributed by atoms with van der Waals surface area (Å²) in [6.45, 7) is 0. The third kappa shape index (κ3) is 1.51. The van der Waals surface area contributed by atoms with Crippen molar-refractivity contribution in [2.24, 2.45) is 5.73 Å². The number of hydrogen-bond acceptors (Lipinski definition) is 2. The summed E-state index contributed by atoms with van der Waals surface area (Å²) in [5.41, 5.74) is 6.91. The van der Waals surface area contributed by atoms with Crippen LogP contribution in [0.25, 0.3) is 10.9 Å². The molecule has 0 unspecified atom stereocenters. The Morgan fingerprint density at radius 3 is 3.07 bits per heavy atom. The molecule has 0 saturated heterocycles. The number of nitrogens with two attached hydrogens (primary N) is 1. The van der Waals surface area contributed by atoms with Crippen LogP contribution < -0.4 is 11.1 Å². The van der Waals surface area contributed by atoms with Crippen molar-refractivity contribution >= 4 is 45.5 Å². The van der Waals surface area contributed by atoms with Gasteiger partial charge in [0.2, 0.25) is 0 Å². The highest BCUT2D eigenvalue weighted by Gasteiger charge is 2.07. The molecule has 0 spiro atoms. The zero-order valence-corrected chi connectivity index (χ0v) is 8.62. The second kappa shape index (κ2) is 3.43. The van der Waals surface area contributed by atoms with Gasteiger partial charge in [-0.2, -0.15) is 5.10 Å². The number of hydrogen-bond donors (Lipinski definition) is 3. The minimum absolute atomic E-state index is 0.203. The van der Waals surface area contributed by atoms with E-state index in [9.17, 15) is 0 Å². The van der Waals surface area contributed by atoms with Crippen LogP contribution in [-0.4, -0.2) is 15.3 Å². The van der Waals surface area contributed by atoms with Crippen molar-refractivity contribution in [3.8, 4) is 0 Å². The smallest absolute Gasteiger partial charge is 0.168 e. The molecule has 14 heavy (non-hydrogen) atoms. The Morgan fingerprint density at radius 1 is 1.57 bits per heavy atom. The number of thiocarbonyl (C=S) groups is 1. The summed E-state index contributed by atoms with van der Waals surface area (Å²) >= 11 is 10.7. The van der Waals surface area contributed by atoms with E-state index in [1.165, 1.54) is 0 Å². The van der Waals surface area contributed by atoms with Crippen molar-refractivity contribution < 1.29 is 0 Å². The SMILES string of the molecule is NC(=S)Nc1cccc2n[nH]c(Cl)c12. The van der Waals surface area contributed by atoms with Gasteiger partial charge in [-0.25, -0.2) is 0 Å². The van der Waals surface area contributed by atoms with E-state index in [2.05, 4.69) is 15.5 Å². The van der Waals surface area contributed by atoms with Crippen molar-refractivity contribution in [2.75, 3.05) is 5.32 Å². The molecule has 0 fully saturated rings. The largest absolute Gasteiger partial charge is 0.376 e. The van der Waals surface area contributed by atoms with E-state index < -0.39 is 0 Å². The molecule has 6 heteroatoms. The van der Waals surface area contributed by atoms with Crippen LogP contribution in [0.5, 0.6) is 0 Å². The Balaban J connectivity index is 2.63. The molecule has 1 aromatic carbocycles. The molecule has 72 valence electrons. The van der Waals surface area contributed by atoms with Gasteiger partial charge in [0.1, 0.15) is 5.15 Å². The van der Waals surface area contributed by atoms with E-state index >= 15 is 0 Å². The molecule has 4 N–H and O–H groups in total. The summed E-state index contributed by atoms with van der Waals surface area (Å²) in [6.07, 6.45) is 0. The fourth-order valence-corrected chi connectivity index (χ4v) is 1.62. The molecule has 0 aliphatic rings. The minimum atomic E-state index is 0.203. The lowest BCUT2D eigenvalue weighted by Crippen LogP contribution is -2.18. The van der Waals surface area contributed by atoms with Gasteiger partial charge < -0.3 is 11.1 Å². The number of nitrogens with one attached hydrogen (secondary N) is 2. The first-order valence-corrected chi connectivity index (χ1v) is 4.66. The Bertz CT molecular complexity index is 493. The number of aromatic nitrogens is 2. The van der Waals surface area contributed by atoms with Crippen LogP contribution in [0.2, 0.25) is 5.15 Å². The topological polar surface area (TPSA) is 66.7 Å². The summed E-state index contributed by atoms with van der Waals surface area (Å²) in [5.74, 6) is 0. The Morgan fingerprint density at radius 2 is 2.36 bits per heavy atom. The van der Waals surface area contributed by atoms with E-state index in [0.29, 0.717) is 5.15 Å². The minimum Gasteiger partial charge on any atom is -0.376 e. The van der Waals surface area contributed by atoms with Crippen LogP contribution in [0.3, 0.4) is 0 Å². The molecule has 0 atom stereocenters. The van der Waals surface area contributed by atoms with Crippen molar-refractivity contribution in [1.82, 2.24) is 10.2 Å². The molecule has 1 heterocycles. The second-order valence-electron chi connectivity index (χ2n) is 2.73. The third-order valence-corrected chi connectivity index (χ3v) is 2.17. The highest BCUT2D eigenvalue weighted by Crippen LogP contribution is 2.27. The Kier molecular flexibility index (Phi) is 2.26. The van der Waals surface area contributed by atoms with E-state index in [1.54, 1.807) is 0 Å². The van der Waals surface area contributed by atoms with Crippen LogP contribution in [0.15, 0.2) is 18.2 Å². The highest BCUT2D eigenvalue weighted by molar-refractivity contribution is 7.80. The first kappa shape index (κ1) is 9.23. The third-order valence-electron chi connectivity index (χ3n) is 1.79. The molecule has 0 bridgehead atoms. The molecule has 4 nitrogen and oxygen atoms in total. The van der Waals surface area contributed by atoms with Gasteiger partial charge in [0.05, 0.1) is 16.6 Å². The number of benzene rings is 1. The maximum Gasteiger partial charge on any atom is 0.168 e. The molecule has 2 rings (SSSR count). The van der Waals surface area contributed by atoms with Gasteiger partial charge >= 0.3 is 0 Å². The van der Waals surface area contributed by atoms with E-state index in [0.717, 1.165) is 16.6 Å². The van der Waals surface area contributed by atoms with Crippen molar-refractivity contribution in [1.29, 1.82) is 0 Å². The van der Waals surface area contributed by atoms with E-state index in [1.807, 2.05) is 18.2 Å². The lowest BCUT2D eigenvalue weighted by molar-refractivity contribution is 1.12. The maximum absolute atomic E-state index is 5.92. The van der Waals surface area contributed by atoms with Crippen LogP contribution in [-0.2, 0) is 0 Å². The summed E-state index contributed by atoms with van der Waals surface area (Å²) in [7, 11) is 0.